The molecular weight excluding hydrogens is 305 g/mol. The van der Waals surface area contributed by atoms with Gasteiger partial charge >= 0.3 is 0 Å². The smallest absolute Gasteiger partial charge is 0.127 e. The Morgan fingerprint density at radius 3 is 2.62 bits per heavy atom. The van der Waals surface area contributed by atoms with Gasteiger partial charge in [-0.25, -0.2) is 4.39 Å². The molecule has 2 aromatic rings. The van der Waals surface area contributed by atoms with E-state index in [1.807, 2.05) is 18.2 Å². The monoisotopic (exact) mass is 323 g/mol. The van der Waals surface area contributed by atoms with E-state index in [1.54, 1.807) is 23.9 Å². The number of thioether (sulfide) groups is 1. The molecule has 1 unspecified atom stereocenters. The molecule has 1 nitrogen and oxygen atoms in total. The Hall–Kier alpha value is -1.03. The lowest BCUT2D eigenvalue weighted by atomic mass is 10.1. The summed E-state index contributed by atoms with van der Waals surface area (Å²) in [6.07, 6.45) is 0.663. The SMILES string of the molecule is CCNC(CSc1ccccc1)Cc1ccc(Cl)cc1F. The number of likely N-dealkylation sites (N-methyl/N-ethyl adjacent to an activating group) is 1. The Kier molecular flexibility index (Phi) is 6.55. The van der Waals surface area contributed by atoms with Gasteiger partial charge < -0.3 is 5.32 Å². The number of halogens is 2. The second kappa shape index (κ2) is 8.42. The molecule has 0 bridgehead atoms. The van der Waals surface area contributed by atoms with E-state index < -0.39 is 0 Å². The zero-order valence-corrected chi connectivity index (χ0v) is 13.6. The fourth-order valence-electron chi connectivity index (χ4n) is 2.14. The predicted molar refractivity (Wildman–Crippen MR) is 89.7 cm³/mol. The van der Waals surface area contributed by atoms with Crippen LogP contribution in [-0.4, -0.2) is 18.3 Å². The fourth-order valence-corrected chi connectivity index (χ4v) is 3.28. The lowest BCUT2D eigenvalue weighted by Gasteiger charge is -2.18. The number of hydrogen-bond acceptors (Lipinski definition) is 2. The fraction of sp³-hybridized carbons (Fsp3) is 0.294. The second-order valence-corrected chi connectivity index (χ2v) is 6.35. The maximum absolute atomic E-state index is 13.9. The lowest BCUT2D eigenvalue weighted by molar-refractivity contribution is 0.545. The first kappa shape index (κ1) is 16.3. The molecule has 0 spiro atoms. The van der Waals surface area contributed by atoms with Crippen LogP contribution in [0.3, 0.4) is 0 Å². The van der Waals surface area contributed by atoms with Gasteiger partial charge in [0.2, 0.25) is 0 Å². The van der Waals surface area contributed by atoms with Crippen LogP contribution in [0.4, 0.5) is 4.39 Å². The van der Waals surface area contributed by atoms with Crippen molar-refractivity contribution in [2.45, 2.75) is 24.3 Å². The van der Waals surface area contributed by atoms with Gasteiger partial charge in [0.25, 0.3) is 0 Å². The van der Waals surface area contributed by atoms with Crippen LogP contribution in [0, 0.1) is 5.82 Å². The third-order valence-corrected chi connectivity index (χ3v) is 4.58. The van der Waals surface area contributed by atoms with Gasteiger partial charge in [0, 0.05) is 21.7 Å². The van der Waals surface area contributed by atoms with Crippen molar-refractivity contribution in [2.75, 3.05) is 12.3 Å². The summed E-state index contributed by atoms with van der Waals surface area (Å²) in [6, 6.07) is 15.4. The zero-order valence-electron chi connectivity index (χ0n) is 12.0. The minimum atomic E-state index is -0.227. The third-order valence-electron chi connectivity index (χ3n) is 3.17. The molecule has 2 aromatic carbocycles. The highest BCUT2D eigenvalue weighted by Crippen LogP contribution is 2.21. The molecule has 0 amide bonds. The van der Waals surface area contributed by atoms with E-state index in [1.165, 1.54) is 11.0 Å². The van der Waals surface area contributed by atoms with Crippen molar-refractivity contribution in [1.29, 1.82) is 0 Å². The highest BCUT2D eigenvalue weighted by atomic mass is 35.5. The van der Waals surface area contributed by atoms with Crippen molar-refractivity contribution in [1.82, 2.24) is 5.32 Å². The van der Waals surface area contributed by atoms with Crippen LogP contribution in [0.1, 0.15) is 12.5 Å². The van der Waals surface area contributed by atoms with Crippen LogP contribution in [0.5, 0.6) is 0 Å². The van der Waals surface area contributed by atoms with Gasteiger partial charge in [-0.3, -0.25) is 0 Å². The molecule has 0 saturated heterocycles. The maximum atomic E-state index is 13.9. The maximum Gasteiger partial charge on any atom is 0.127 e. The molecule has 0 saturated carbocycles. The standard InChI is InChI=1S/C17H19ClFNS/c1-2-20-15(12-21-16-6-4-3-5-7-16)10-13-8-9-14(18)11-17(13)19/h3-9,11,15,20H,2,10,12H2,1H3. The van der Waals surface area contributed by atoms with Gasteiger partial charge in [-0.05, 0) is 42.8 Å². The summed E-state index contributed by atoms with van der Waals surface area (Å²) in [5.41, 5.74) is 0.707. The van der Waals surface area contributed by atoms with E-state index in [4.69, 9.17) is 11.6 Å². The summed E-state index contributed by atoms with van der Waals surface area (Å²) in [5.74, 6) is 0.676. The molecule has 0 aliphatic rings. The van der Waals surface area contributed by atoms with E-state index in [0.717, 1.165) is 12.3 Å². The summed E-state index contributed by atoms with van der Waals surface area (Å²) in [6.45, 7) is 2.94. The zero-order chi connectivity index (χ0) is 15.1. The van der Waals surface area contributed by atoms with Crippen molar-refractivity contribution in [3.8, 4) is 0 Å². The van der Waals surface area contributed by atoms with Crippen LogP contribution in [0.2, 0.25) is 5.02 Å². The molecule has 21 heavy (non-hydrogen) atoms. The Balaban J connectivity index is 1.98. The number of rotatable bonds is 7. The minimum Gasteiger partial charge on any atom is -0.313 e. The Labute approximate surface area is 134 Å². The van der Waals surface area contributed by atoms with Gasteiger partial charge in [0.15, 0.2) is 0 Å². The molecule has 0 fully saturated rings. The van der Waals surface area contributed by atoms with Gasteiger partial charge in [0.05, 0.1) is 0 Å². The topological polar surface area (TPSA) is 12.0 Å². The third kappa shape index (κ3) is 5.34. The van der Waals surface area contributed by atoms with E-state index in [2.05, 4.69) is 24.4 Å². The average Bonchev–Trinajstić information content (AvgIpc) is 2.49. The highest BCUT2D eigenvalue weighted by molar-refractivity contribution is 7.99. The summed E-state index contributed by atoms with van der Waals surface area (Å²) in [4.78, 5) is 1.23. The van der Waals surface area contributed by atoms with Crippen molar-refractivity contribution < 1.29 is 4.39 Å². The van der Waals surface area contributed by atoms with E-state index in [9.17, 15) is 4.39 Å². The summed E-state index contributed by atoms with van der Waals surface area (Å²) in [5, 5.41) is 3.86. The lowest BCUT2D eigenvalue weighted by Crippen LogP contribution is -2.33. The molecule has 0 aliphatic carbocycles. The molecule has 112 valence electrons. The van der Waals surface area contributed by atoms with Crippen LogP contribution >= 0.6 is 23.4 Å². The molecule has 0 heterocycles. The molecular formula is C17H19ClFNS. The van der Waals surface area contributed by atoms with Crippen LogP contribution in [0.15, 0.2) is 53.4 Å². The van der Waals surface area contributed by atoms with Crippen LogP contribution in [-0.2, 0) is 6.42 Å². The highest BCUT2D eigenvalue weighted by Gasteiger charge is 2.12. The van der Waals surface area contributed by atoms with Crippen LogP contribution in [0.25, 0.3) is 0 Å². The van der Waals surface area contributed by atoms with Crippen molar-refractivity contribution in [3.63, 3.8) is 0 Å². The normalized spacial score (nSPS) is 12.3. The first-order valence-electron chi connectivity index (χ1n) is 7.04. The predicted octanol–water partition coefficient (Wildman–Crippen LogP) is 4.79. The van der Waals surface area contributed by atoms with Crippen molar-refractivity contribution in [3.05, 3.63) is 64.9 Å². The first-order valence-corrected chi connectivity index (χ1v) is 8.40. The number of hydrogen-bond donors (Lipinski definition) is 1. The average molecular weight is 324 g/mol. The van der Waals surface area contributed by atoms with E-state index in [-0.39, 0.29) is 11.9 Å². The van der Waals surface area contributed by atoms with Gasteiger partial charge in [-0.1, -0.05) is 42.8 Å². The van der Waals surface area contributed by atoms with Crippen molar-refractivity contribution >= 4 is 23.4 Å². The number of nitrogens with one attached hydrogen (secondary N) is 1. The molecule has 1 N–H and O–H groups in total. The largest absolute Gasteiger partial charge is 0.313 e. The minimum absolute atomic E-state index is 0.227. The molecule has 0 aromatic heterocycles. The Bertz CT molecular complexity index is 562. The van der Waals surface area contributed by atoms with Gasteiger partial charge in [-0.15, -0.1) is 11.8 Å². The summed E-state index contributed by atoms with van der Waals surface area (Å²) in [7, 11) is 0. The number of benzene rings is 2. The molecule has 0 aliphatic heterocycles. The Morgan fingerprint density at radius 1 is 1.19 bits per heavy atom. The van der Waals surface area contributed by atoms with E-state index >= 15 is 0 Å². The molecule has 4 heteroatoms. The Morgan fingerprint density at radius 2 is 1.95 bits per heavy atom. The molecule has 0 radical (unpaired) electrons. The van der Waals surface area contributed by atoms with Crippen LogP contribution < -0.4 is 5.32 Å². The van der Waals surface area contributed by atoms with E-state index in [0.29, 0.717) is 17.0 Å². The summed E-state index contributed by atoms with van der Waals surface area (Å²) >= 11 is 7.58. The second-order valence-electron chi connectivity index (χ2n) is 4.82. The summed E-state index contributed by atoms with van der Waals surface area (Å²) < 4.78 is 13.9. The molecule has 2 rings (SSSR count). The molecule has 1 atom stereocenters. The first-order chi connectivity index (χ1) is 10.2. The van der Waals surface area contributed by atoms with Crippen molar-refractivity contribution in [2.24, 2.45) is 0 Å². The quantitative estimate of drug-likeness (QED) is 0.735. The van der Waals surface area contributed by atoms with Gasteiger partial charge in [0.1, 0.15) is 5.82 Å². The van der Waals surface area contributed by atoms with Gasteiger partial charge in [-0.2, -0.15) is 0 Å².